The van der Waals surface area contributed by atoms with E-state index in [1.807, 2.05) is 0 Å². The molecule has 0 aliphatic rings. The average molecular weight is 346 g/mol. The minimum atomic E-state index is 0.588. The Labute approximate surface area is 148 Å². The Bertz CT molecular complexity index is 287. The predicted molar refractivity (Wildman–Crippen MR) is 101 cm³/mol. The normalized spacial score (nSPS) is 12.0. The smallest absolute Gasteiger partial charge is 0.191 e. The van der Waals surface area contributed by atoms with Gasteiger partial charge in [0.25, 0.3) is 0 Å². The summed E-state index contributed by atoms with van der Waals surface area (Å²) < 4.78 is 16.5. The van der Waals surface area contributed by atoms with Crippen LogP contribution in [0.5, 0.6) is 0 Å². The molecular weight excluding hydrogens is 306 g/mol. The number of hydrogen-bond donors (Lipinski definition) is 2. The van der Waals surface area contributed by atoms with Crippen molar-refractivity contribution in [1.29, 1.82) is 0 Å². The maximum absolute atomic E-state index is 5.56. The standard InChI is InChI=1S/C18H39N3O3/c1-5-7-11-22-14-15-23-13-10-21-18(19-6-2)20-9-8-12-24-16-17(3)4/h17H,5-16H2,1-4H3,(H2,19,20,21). The first kappa shape index (κ1) is 23.1. The molecule has 0 spiro atoms. The fourth-order valence-electron chi connectivity index (χ4n) is 1.83. The monoisotopic (exact) mass is 345 g/mol. The average Bonchev–Trinajstić information content (AvgIpc) is 2.56. The van der Waals surface area contributed by atoms with Gasteiger partial charge in [-0.2, -0.15) is 0 Å². The molecule has 0 rings (SSSR count). The topological polar surface area (TPSA) is 64.1 Å². The van der Waals surface area contributed by atoms with Gasteiger partial charge in [0.2, 0.25) is 0 Å². The number of ether oxygens (including phenoxy) is 3. The minimum absolute atomic E-state index is 0.588. The molecule has 0 aromatic carbocycles. The Morgan fingerprint density at radius 3 is 2.25 bits per heavy atom. The van der Waals surface area contributed by atoms with Crippen molar-refractivity contribution in [3.63, 3.8) is 0 Å². The highest BCUT2D eigenvalue weighted by molar-refractivity contribution is 5.79. The molecule has 0 aromatic rings. The molecule has 0 aliphatic heterocycles. The zero-order valence-electron chi connectivity index (χ0n) is 16.2. The maximum atomic E-state index is 5.56. The highest BCUT2D eigenvalue weighted by atomic mass is 16.5. The quantitative estimate of drug-likeness (QED) is 0.256. The van der Waals surface area contributed by atoms with Crippen molar-refractivity contribution in [2.45, 2.75) is 47.0 Å². The van der Waals surface area contributed by atoms with Gasteiger partial charge in [-0.25, -0.2) is 0 Å². The largest absolute Gasteiger partial charge is 0.381 e. The lowest BCUT2D eigenvalue weighted by Gasteiger charge is -2.12. The lowest BCUT2D eigenvalue weighted by atomic mass is 10.2. The molecule has 2 N–H and O–H groups in total. The maximum Gasteiger partial charge on any atom is 0.191 e. The molecule has 0 unspecified atom stereocenters. The van der Waals surface area contributed by atoms with Gasteiger partial charge in [0.05, 0.1) is 19.8 Å². The molecule has 0 atom stereocenters. The van der Waals surface area contributed by atoms with Gasteiger partial charge in [-0.15, -0.1) is 0 Å². The van der Waals surface area contributed by atoms with Gasteiger partial charge < -0.3 is 24.8 Å². The first-order valence-electron chi connectivity index (χ1n) is 9.46. The molecule has 0 saturated carbocycles. The fourth-order valence-corrected chi connectivity index (χ4v) is 1.83. The van der Waals surface area contributed by atoms with Crippen molar-refractivity contribution < 1.29 is 14.2 Å². The van der Waals surface area contributed by atoms with E-state index in [1.54, 1.807) is 0 Å². The van der Waals surface area contributed by atoms with E-state index in [1.165, 1.54) is 6.42 Å². The molecule has 6 heteroatoms. The van der Waals surface area contributed by atoms with Crippen LogP contribution in [-0.2, 0) is 14.2 Å². The Kier molecular flexibility index (Phi) is 17.8. The SMILES string of the molecule is CCCCOCCOCCNC(=NCCCOCC(C)C)NCC. The summed E-state index contributed by atoms with van der Waals surface area (Å²) in [7, 11) is 0. The van der Waals surface area contributed by atoms with Crippen molar-refractivity contribution >= 4 is 5.96 Å². The summed E-state index contributed by atoms with van der Waals surface area (Å²) in [6, 6.07) is 0. The highest BCUT2D eigenvalue weighted by Crippen LogP contribution is 1.93. The number of nitrogens with one attached hydrogen (secondary N) is 2. The van der Waals surface area contributed by atoms with Crippen molar-refractivity contribution in [1.82, 2.24) is 10.6 Å². The van der Waals surface area contributed by atoms with E-state index in [-0.39, 0.29) is 0 Å². The summed E-state index contributed by atoms with van der Waals surface area (Å²) >= 11 is 0. The lowest BCUT2D eigenvalue weighted by molar-refractivity contribution is 0.0487. The van der Waals surface area contributed by atoms with Gasteiger partial charge in [-0.3, -0.25) is 4.99 Å². The van der Waals surface area contributed by atoms with Crippen molar-refractivity contribution in [2.75, 3.05) is 59.3 Å². The van der Waals surface area contributed by atoms with Crippen LogP contribution in [-0.4, -0.2) is 65.2 Å². The van der Waals surface area contributed by atoms with E-state index in [2.05, 4.69) is 43.3 Å². The van der Waals surface area contributed by atoms with Gasteiger partial charge in [-0.05, 0) is 25.7 Å². The zero-order chi connectivity index (χ0) is 17.9. The second-order valence-electron chi connectivity index (χ2n) is 6.09. The van der Waals surface area contributed by atoms with E-state index < -0.39 is 0 Å². The molecule has 0 saturated heterocycles. The van der Waals surface area contributed by atoms with E-state index in [0.717, 1.165) is 58.3 Å². The second kappa shape index (κ2) is 18.5. The zero-order valence-corrected chi connectivity index (χ0v) is 16.2. The molecule has 0 aliphatic carbocycles. The Balaban J connectivity index is 3.59. The third-order valence-corrected chi connectivity index (χ3v) is 3.07. The van der Waals surface area contributed by atoms with Gasteiger partial charge in [-0.1, -0.05) is 27.2 Å². The molecule has 24 heavy (non-hydrogen) atoms. The van der Waals surface area contributed by atoms with Crippen LogP contribution in [0.15, 0.2) is 4.99 Å². The third-order valence-electron chi connectivity index (χ3n) is 3.07. The molecule has 0 heterocycles. The van der Waals surface area contributed by atoms with Crippen LogP contribution in [0.25, 0.3) is 0 Å². The summed E-state index contributed by atoms with van der Waals surface area (Å²) in [5.41, 5.74) is 0. The predicted octanol–water partition coefficient (Wildman–Crippen LogP) is 2.44. The summed E-state index contributed by atoms with van der Waals surface area (Å²) in [6.07, 6.45) is 3.22. The number of unbranched alkanes of at least 4 members (excludes halogenated alkanes) is 1. The summed E-state index contributed by atoms with van der Waals surface area (Å²) in [5.74, 6) is 1.42. The summed E-state index contributed by atoms with van der Waals surface area (Å²) in [4.78, 5) is 4.53. The van der Waals surface area contributed by atoms with Crippen LogP contribution >= 0.6 is 0 Å². The van der Waals surface area contributed by atoms with Crippen molar-refractivity contribution in [3.8, 4) is 0 Å². The van der Waals surface area contributed by atoms with Gasteiger partial charge in [0.15, 0.2) is 5.96 Å². The van der Waals surface area contributed by atoms with Gasteiger partial charge >= 0.3 is 0 Å². The fraction of sp³-hybridized carbons (Fsp3) is 0.944. The van der Waals surface area contributed by atoms with Crippen molar-refractivity contribution in [3.05, 3.63) is 0 Å². The number of aliphatic imine (C=N–C) groups is 1. The van der Waals surface area contributed by atoms with Crippen LogP contribution in [0.3, 0.4) is 0 Å². The van der Waals surface area contributed by atoms with Crippen LogP contribution in [0.4, 0.5) is 0 Å². The van der Waals surface area contributed by atoms with E-state index in [9.17, 15) is 0 Å². The molecule has 0 aromatic heterocycles. The molecule has 144 valence electrons. The second-order valence-corrected chi connectivity index (χ2v) is 6.09. The molecule has 6 nitrogen and oxygen atoms in total. The van der Waals surface area contributed by atoms with Gasteiger partial charge in [0.1, 0.15) is 0 Å². The van der Waals surface area contributed by atoms with E-state index in [0.29, 0.717) is 25.7 Å². The van der Waals surface area contributed by atoms with Crippen LogP contribution in [0, 0.1) is 5.92 Å². The van der Waals surface area contributed by atoms with Crippen LogP contribution in [0.2, 0.25) is 0 Å². The summed E-state index contributed by atoms with van der Waals surface area (Å²) in [6.45, 7) is 15.3. The Morgan fingerprint density at radius 2 is 1.58 bits per heavy atom. The van der Waals surface area contributed by atoms with Gasteiger partial charge in [0, 0.05) is 39.5 Å². The first-order chi connectivity index (χ1) is 11.7. The van der Waals surface area contributed by atoms with Crippen molar-refractivity contribution in [2.24, 2.45) is 10.9 Å². The first-order valence-corrected chi connectivity index (χ1v) is 9.46. The minimum Gasteiger partial charge on any atom is -0.381 e. The Morgan fingerprint density at radius 1 is 0.875 bits per heavy atom. The lowest BCUT2D eigenvalue weighted by Crippen LogP contribution is -2.39. The van der Waals surface area contributed by atoms with E-state index >= 15 is 0 Å². The molecule has 0 amide bonds. The number of rotatable bonds is 16. The summed E-state index contributed by atoms with van der Waals surface area (Å²) in [5, 5.41) is 6.51. The number of nitrogens with zero attached hydrogens (tertiary/aromatic N) is 1. The molecule has 0 bridgehead atoms. The van der Waals surface area contributed by atoms with E-state index in [4.69, 9.17) is 14.2 Å². The van der Waals surface area contributed by atoms with Crippen LogP contribution < -0.4 is 10.6 Å². The Hall–Kier alpha value is -0.850. The number of guanidine groups is 1. The highest BCUT2D eigenvalue weighted by Gasteiger charge is 1.97. The molecule has 0 radical (unpaired) electrons. The third kappa shape index (κ3) is 17.5. The number of hydrogen-bond acceptors (Lipinski definition) is 4. The van der Waals surface area contributed by atoms with Crippen LogP contribution in [0.1, 0.15) is 47.0 Å². The molecule has 0 fully saturated rings. The molecular formula is C18H39N3O3.